The van der Waals surface area contributed by atoms with Crippen LogP contribution in [0.25, 0.3) is 16.8 Å². The Morgan fingerprint density at radius 1 is 0.967 bits per heavy atom. The molecule has 0 amide bonds. The van der Waals surface area contributed by atoms with Gasteiger partial charge in [0.05, 0.1) is 12.8 Å². The zero-order chi connectivity index (χ0) is 21.1. The molecule has 0 aliphatic rings. The van der Waals surface area contributed by atoms with Crippen LogP contribution in [0.15, 0.2) is 71.5 Å². The molecule has 0 aliphatic heterocycles. The zero-order valence-electron chi connectivity index (χ0n) is 17.1. The number of hydrogen-bond donors (Lipinski definition) is 0. The fourth-order valence-corrected chi connectivity index (χ4v) is 3.31. The molecule has 0 saturated carbocycles. The molecule has 7 nitrogen and oxygen atoms in total. The van der Waals surface area contributed by atoms with Gasteiger partial charge in [0.25, 0.3) is 0 Å². The lowest BCUT2D eigenvalue weighted by Crippen LogP contribution is -2.23. The molecule has 3 aromatic carbocycles. The molecule has 0 aliphatic carbocycles. The lowest BCUT2D eigenvalue weighted by atomic mass is 10.0. The summed E-state index contributed by atoms with van der Waals surface area (Å²) in [4.78, 5) is 12.3. The summed E-state index contributed by atoms with van der Waals surface area (Å²) in [6, 6.07) is 21.4. The van der Waals surface area contributed by atoms with Crippen molar-refractivity contribution in [2.75, 3.05) is 7.11 Å². The lowest BCUT2D eigenvalue weighted by molar-refractivity contribution is 0.304. The fourth-order valence-electron chi connectivity index (χ4n) is 3.31. The number of nitrogens with zero attached hydrogens (tertiary/aromatic N) is 4. The van der Waals surface area contributed by atoms with Crippen molar-refractivity contribution in [1.29, 1.82) is 0 Å². The third-order valence-corrected chi connectivity index (χ3v) is 4.97. The van der Waals surface area contributed by atoms with E-state index in [9.17, 15) is 4.79 Å². The molecule has 7 heteroatoms. The van der Waals surface area contributed by atoms with Gasteiger partial charge in [-0.3, -0.25) is 0 Å². The molecular weight excluding hydrogens is 380 g/mol. The van der Waals surface area contributed by atoms with Gasteiger partial charge in [0.2, 0.25) is 0 Å². The van der Waals surface area contributed by atoms with Gasteiger partial charge in [-0.15, -0.1) is 0 Å². The molecule has 4 aromatic rings. The Morgan fingerprint density at radius 2 is 1.77 bits per heavy atom. The van der Waals surface area contributed by atoms with Crippen molar-refractivity contribution in [2.45, 2.75) is 13.5 Å². The highest BCUT2D eigenvalue weighted by Gasteiger charge is 2.14. The Morgan fingerprint density at radius 3 is 2.47 bits per heavy atom. The van der Waals surface area contributed by atoms with Gasteiger partial charge < -0.3 is 9.47 Å². The maximum atomic E-state index is 12.3. The summed E-state index contributed by atoms with van der Waals surface area (Å²) in [7, 11) is 3.22. The molecule has 0 spiro atoms. The van der Waals surface area contributed by atoms with E-state index in [0.29, 0.717) is 11.4 Å². The molecule has 1 heterocycles. The van der Waals surface area contributed by atoms with Crippen LogP contribution in [-0.2, 0) is 13.7 Å². The number of benzene rings is 3. The molecule has 0 radical (unpaired) electrons. The molecule has 1 aromatic heterocycles. The number of tetrazole rings is 1. The van der Waals surface area contributed by atoms with Gasteiger partial charge in [-0.1, -0.05) is 42.5 Å². The maximum Gasteiger partial charge on any atom is 0.368 e. The summed E-state index contributed by atoms with van der Waals surface area (Å²) in [5.41, 5.74) is 4.22. The van der Waals surface area contributed by atoms with E-state index in [1.165, 1.54) is 9.36 Å². The van der Waals surface area contributed by atoms with E-state index in [4.69, 9.17) is 9.47 Å². The maximum absolute atomic E-state index is 12.3. The molecule has 152 valence electrons. The Bertz CT molecular complexity index is 1230. The van der Waals surface area contributed by atoms with Crippen LogP contribution in [0.4, 0.5) is 0 Å². The molecule has 0 saturated heterocycles. The minimum Gasteiger partial charge on any atom is -0.496 e. The molecule has 0 fully saturated rings. The van der Waals surface area contributed by atoms with E-state index in [0.717, 1.165) is 28.0 Å². The monoisotopic (exact) mass is 402 g/mol. The Kier molecular flexibility index (Phi) is 5.34. The second-order valence-corrected chi connectivity index (χ2v) is 6.89. The number of rotatable bonds is 6. The first-order valence-corrected chi connectivity index (χ1v) is 9.52. The third kappa shape index (κ3) is 3.69. The number of hydrogen-bond acceptors (Lipinski definition) is 5. The summed E-state index contributed by atoms with van der Waals surface area (Å²) < 4.78 is 14.1. The summed E-state index contributed by atoms with van der Waals surface area (Å²) in [6.07, 6.45) is 0. The molecule has 30 heavy (non-hydrogen) atoms. The number of aryl methyl sites for hydroxylation is 2. The van der Waals surface area contributed by atoms with Gasteiger partial charge in [0.15, 0.2) is 0 Å². The van der Waals surface area contributed by atoms with Crippen LogP contribution in [0.2, 0.25) is 0 Å². The van der Waals surface area contributed by atoms with Crippen LogP contribution < -0.4 is 15.2 Å². The zero-order valence-corrected chi connectivity index (χ0v) is 17.1. The summed E-state index contributed by atoms with van der Waals surface area (Å²) in [6.45, 7) is 2.26. The van der Waals surface area contributed by atoms with Crippen molar-refractivity contribution in [3.63, 3.8) is 0 Å². The average molecular weight is 402 g/mol. The molecule has 0 atom stereocenters. The molecule has 0 N–H and O–H groups in total. The van der Waals surface area contributed by atoms with E-state index >= 15 is 0 Å². The molecule has 0 bridgehead atoms. The number of methoxy groups -OCH3 is 1. The first-order chi connectivity index (χ1) is 14.6. The highest BCUT2D eigenvalue weighted by Crippen LogP contribution is 2.33. The van der Waals surface area contributed by atoms with Gasteiger partial charge in [-0.2, -0.15) is 9.36 Å². The van der Waals surface area contributed by atoms with Crippen LogP contribution >= 0.6 is 0 Å². The number of aromatic nitrogens is 4. The molecular formula is C23H22N4O3. The smallest absolute Gasteiger partial charge is 0.368 e. The van der Waals surface area contributed by atoms with Gasteiger partial charge in [-0.25, -0.2) is 4.79 Å². The van der Waals surface area contributed by atoms with Crippen LogP contribution in [0.3, 0.4) is 0 Å². The van der Waals surface area contributed by atoms with Crippen LogP contribution in [0, 0.1) is 6.92 Å². The first kappa shape index (κ1) is 19.4. The van der Waals surface area contributed by atoms with Crippen molar-refractivity contribution in [3.8, 4) is 28.3 Å². The van der Waals surface area contributed by atoms with Crippen LogP contribution in [-0.4, -0.2) is 26.9 Å². The van der Waals surface area contributed by atoms with E-state index in [-0.39, 0.29) is 12.3 Å². The number of ether oxygens (including phenoxy) is 2. The van der Waals surface area contributed by atoms with Crippen LogP contribution in [0.5, 0.6) is 11.5 Å². The minimum absolute atomic E-state index is 0.283. The predicted molar refractivity (Wildman–Crippen MR) is 114 cm³/mol. The van der Waals surface area contributed by atoms with Gasteiger partial charge >= 0.3 is 5.69 Å². The van der Waals surface area contributed by atoms with Crippen molar-refractivity contribution in [1.82, 2.24) is 19.8 Å². The fraction of sp³-hybridized carbons (Fsp3) is 0.174. The van der Waals surface area contributed by atoms with Crippen molar-refractivity contribution in [2.24, 2.45) is 7.05 Å². The average Bonchev–Trinajstić information content (AvgIpc) is 3.11. The lowest BCUT2D eigenvalue weighted by Gasteiger charge is -2.15. The van der Waals surface area contributed by atoms with Gasteiger partial charge in [0, 0.05) is 18.2 Å². The SMILES string of the molecule is COc1ccc(OCc2c(C)cccc2-n2nnn(C)c2=O)cc1-c1ccccc1. The Labute approximate surface area is 174 Å². The predicted octanol–water partition coefficient (Wildman–Crippen LogP) is 3.53. The Hall–Kier alpha value is -3.87. The van der Waals surface area contributed by atoms with E-state index in [1.54, 1.807) is 14.2 Å². The van der Waals surface area contributed by atoms with Crippen LogP contribution in [0.1, 0.15) is 11.1 Å². The summed E-state index contributed by atoms with van der Waals surface area (Å²) >= 11 is 0. The van der Waals surface area contributed by atoms with Crippen molar-refractivity contribution >= 4 is 0 Å². The minimum atomic E-state index is -0.308. The normalized spacial score (nSPS) is 10.8. The second kappa shape index (κ2) is 8.24. The summed E-state index contributed by atoms with van der Waals surface area (Å²) in [5, 5.41) is 7.77. The highest BCUT2D eigenvalue weighted by atomic mass is 16.5. The Balaban J connectivity index is 1.66. The molecule has 0 unspecified atom stereocenters. The van der Waals surface area contributed by atoms with E-state index < -0.39 is 0 Å². The summed E-state index contributed by atoms with van der Waals surface area (Å²) in [5.74, 6) is 1.48. The molecule has 4 rings (SSSR count). The van der Waals surface area contributed by atoms with Gasteiger partial charge in [-0.05, 0) is 52.7 Å². The van der Waals surface area contributed by atoms with E-state index in [2.05, 4.69) is 10.4 Å². The van der Waals surface area contributed by atoms with E-state index in [1.807, 2.05) is 73.7 Å². The third-order valence-electron chi connectivity index (χ3n) is 4.97. The highest BCUT2D eigenvalue weighted by molar-refractivity contribution is 5.72. The quantitative estimate of drug-likeness (QED) is 0.493. The first-order valence-electron chi connectivity index (χ1n) is 9.52. The second-order valence-electron chi connectivity index (χ2n) is 6.89. The topological polar surface area (TPSA) is 71.2 Å². The standard InChI is InChI=1S/C23H22N4O3/c1-16-8-7-11-21(27-23(28)26(2)24-25-27)20(16)15-30-18-12-13-22(29-3)19(14-18)17-9-5-4-6-10-17/h4-14H,15H2,1-3H3. The van der Waals surface area contributed by atoms with Gasteiger partial charge in [0.1, 0.15) is 18.1 Å². The largest absolute Gasteiger partial charge is 0.496 e. The van der Waals surface area contributed by atoms with Crippen molar-refractivity contribution < 1.29 is 9.47 Å². The van der Waals surface area contributed by atoms with Crippen molar-refractivity contribution in [3.05, 3.63) is 88.3 Å².